The fraction of sp³-hybridized carbons (Fsp3) is 0.0435. The number of hydrogen-bond acceptors (Lipinski definition) is 5. The summed E-state index contributed by atoms with van der Waals surface area (Å²) >= 11 is 0. The van der Waals surface area contributed by atoms with E-state index in [9.17, 15) is 24.1 Å². The van der Waals surface area contributed by atoms with Crippen LogP contribution in [0.1, 0.15) is 11.1 Å². The Morgan fingerprint density at radius 1 is 1.03 bits per heavy atom. The van der Waals surface area contributed by atoms with E-state index in [-0.39, 0.29) is 34.7 Å². The van der Waals surface area contributed by atoms with Gasteiger partial charge in [0.25, 0.3) is 17.5 Å². The van der Waals surface area contributed by atoms with Crippen LogP contribution in [0.25, 0.3) is 6.08 Å². The smallest absolute Gasteiger partial charge is 0.282 e. The molecule has 0 spiro atoms. The molecule has 0 bridgehead atoms. The van der Waals surface area contributed by atoms with Crippen LogP contribution < -0.4 is 15.2 Å². The first-order chi connectivity index (χ1) is 15.4. The molecule has 1 aliphatic heterocycles. The first-order valence-corrected chi connectivity index (χ1v) is 9.51. The summed E-state index contributed by atoms with van der Waals surface area (Å²) < 4.78 is 19.6. The Bertz CT molecular complexity index is 1240. The molecule has 2 amide bonds. The van der Waals surface area contributed by atoms with Crippen molar-refractivity contribution in [2.45, 2.75) is 6.61 Å². The predicted octanol–water partition coefficient (Wildman–Crippen LogP) is 3.77. The summed E-state index contributed by atoms with van der Waals surface area (Å²) in [5.74, 6) is -1.58. The van der Waals surface area contributed by atoms with Gasteiger partial charge in [0.2, 0.25) is 0 Å². The van der Waals surface area contributed by atoms with Gasteiger partial charge in [-0.05, 0) is 30.3 Å². The van der Waals surface area contributed by atoms with E-state index in [0.29, 0.717) is 5.69 Å². The third-order valence-electron chi connectivity index (χ3n) is 4.75. The SMILES string of the molecule is O=C1NN(c2ccccc2)C(=O)C1=Cc1cc([N+](=O)[O-])ccc1OCc1ccccc1F. The molecule has 160 valence electrons. The average molecular weight is 433 g/mol. The number of rotatable bonds is 6. The highest BCUT2D eigenvalue weighted by Crippen LogP contribution is 2.29. The van der Waals surface area contributed by atoms with Crippen molar-refractivity contribution in [1.82, 2.24) is 5.43 Å². The molecule has 8 nitrogen and oxygen atoms in total. The number of halogens is 1. The van der Waals surface area contributed by atoms with Crippen molar-refractivity contribution in [1.29, 1.82) is 0 Å². The normalized spacial score (nSPS) is 14.5. The van der Waals surface area contributed by atoms with Gasteiger partial charge in [0.05, 0.1) is 10.6 Å². The van der Waals surface area contributed by atoms with Gasteiger partial charge in [0.15, 0.2) is 0 Å². The fourth-order valence-electron chi connectivity index (χ4n) is 3.14. The molecule has 1 saturated heterocycles. The maximum atomic E-state index is 13.9. The summed E-state index contributed by atoms with van der Waals surface area (Å²) in [6.45, 7) is -0.142. The van der Waals surface area contributed by atoms with Crippen molar-refractivity contribution in [2.75, 3.05) is 5.01 Å². The van der Waals surface area contributed by atoms with Crippen LogP contribution in [0.5, 0.6) is 5.75 Å². The number of carbonyl (C=O) groups is 2. The van der Waals surface area contributed by atoms with Crippen LogP contribution in [0.2, 0.25) is 0 Å². The number of carbonyl (C=O) groups excluding carboxylic acids is 2. The van der Waals surface area contributed by atoms with E-state index >= 15 is 0 Å². The summed E-state index contributed by atoms with van der Waals surface area (Å²) in [5, 5.41) is 12.3. The topological polar surface area (TPSA) is 102 Å². The van der Waals surface area contributed by atoms with Crippen molar-refractivity contribution < 1.29 is 23.6 Å². The molecule has 1 aliphatic rings. The number of nitro groups is 1. The van der Waals surface area contributed by atoms with E-state index in [1.165, 1.54) is 30.3 Å². The number of nitrogens with one attached hydrogen (secondary N) is 1. The first-order valence-electron chi connectivity index (χ1n) is 9.51. The molecular weight excluding hydrogens is 417 g/mol. The number of anilines is 1. The standard InChI is InChI=1S/C23H16FN3O5/c24-20-9-5-4-6-15(20)14-32-21-11-10-18(27(30)31)12-16(21)13-19-22(28)25-26(23(19)29)17-7-2-1-3-8-17/h1-13H,14H2,(H,25,28). The summed E-state index contributed by atoms with van der Waals surface area (Å²) in [6.07, 6.45) is 1.23. The lowest BCUT2D eigenvalue weighted by molar-refractivity contribution is -0.384. The van der Waals surface area contributed by atoms with Gasteiger partial charge in [-0.2, -0.15) is 0 Å². The van der Waals surface area contributed by atoms with Crippen molar-refractivity contribution in [3.8, 4) is 5.75 Å². The van der Waals surface area contributed by atoms with Gasteiger partial charge in [0, 0.05) is 23.3 Å². The van der Waals surface area contributed by atoms with Crippen molar-refractivity contribution in [2.24, 2.45) is 0 Å². The highest BCUT2D eigenvalue weighted by molar-refractivity contribution is 6.31. The summed E-state index contributed by atoms with van der Waals surface area (Å²) in [4.78, 5) is 35.9. The van der Waals surface area contributed by atoms with Gasteiger partial charge in [-0.25, -0.2) is 9.40 Å². The highest BCUT2D eigenvalue weighted by atomic mass is 19.1. The molecule has 1 fully saturated rings. The molecule has 0 unspecified atom stereocenters. The van der Waals surface area contributed by atoms with E-state index in [1.807, 2.05) is 0 Å². The molecule has 0 aromatic heterocycles. The van der Waals surface area contributed by atoms with Crippen LogP contribution in [-0.4, -0.2) is 16.7 Å². The molecule has 0 saturated carbocycles. The van der Waals surface area contributed by atoms with Gasteiger partial charge in [-0.3, -0.25) is 25.1 Å². The number of amides is 2. The Balaban J connectivity index is 1.68. The second kappa shape index (κ2) is 8.68. The zero-order chi connectivity index (χ0) is 22.7. The second-order valence-corrected chi connectivity index (χ2v) is 6.83. The van der Waals surface area contributed by atoms with Crippen molar-refractivity contribution in [3.63, 3.8) is 0 Å². The van der Waals surface area contributed by atoms with Crippen molar-refractivity contribution in [3.05, 3.63) is 105 Å². The molecule has 0 radical (unpaired) electrons. The molecule has 0 aliphatic carbocycles. The zero-order valence-corrected chi connectivity index (χ0v) is 16.5. The maximum Gasteiger partial charge on any atom is 0.282 e. The maximum absolute atomic E-state index is 13.9. The number of nitrogens with zero attached hydrogens (tertiary/aromatic N) is 2. The van der Waals surface area contributed by atoms with Gasteiger partial charge < -0.3 is 4.74 Å². The highest BCUT2D eigenvalue weighted by Gasteiger charge is 2.34. The van der Waals surface area contributed by atoms with E-state index in [2.05, 4.69) is 5.43 Å². The number of hydrogen-bond donors (Lipinski definition) is 1. The largest absolute Gasteiger partial charge is 0.488 e. The monoisotopic (exact) mass is 433 g/mol. The second-order valence-electron chi connectivity index (χ2n) is 6.83. The lowest BCUT2D eigenvalue weighted by Gasteiger charge is -2.14. The van der Waals surface area contributed by atoms with Gasteiger partial charge in [-0.15, -0.1) is 0 Å². The Morgan fingerprint density at radius 3 is 2.47 bits per heavy atom. The predicted molar refractivity (Wildman–Crippen MR) is 114 cm³/mol. The number of hydrazine groups is 1. The minimum absolute atomic E-state index is 0.142. The van der Waals surface area contributed by atoms with Crippen molar-refractivity contribution >= 4 is 29.3 Å². The first kappa shape index (κ1) is 20.7. The number of para-hydroxylation sites is 1. The van der Waals surface area contributed by atoms with Crippen LogP contribution in [-0.2, 0) is 16.2 Å². The Kier molecular flexibility index (Phi) is 5.63. The Hall–Kier alpha value is -4.53. The third kappa shape index (κ3) is 4.17. The summed E-state index contributed by atoms with van der Waals surface area (Å²) in [5.41, 5.74) is 2.89. The zero-order valence-electron chi connectivity index (χ0n) is 16.5. The lowest BCUT2D eigenvalue weighted by Crippen LogP contribution is -2.35. The van der Waals surface area contributed by atoms with Gasteiger partial charge in [-0.1, -0.05) is 36.4 Å². The number of non-ortho nitro benzene ring substituents is 1. The molecule has 3 aromatic carbocycles. The number of nitro benzene ring substituents is 1. The lowest BCUT2D eigenvalue weighted by atomic mass is 10.1. The number of benzene rings is 3. The van der Waals surface area contributed by atoms with Crippen LogP contribution in [0.15, 0.2) is 78.4 Å². The molecule has 9 heteroatoms. The summed E-state index contributed by atoms with van der Waals surface area (Å²) in [7, 11) is 0. The summed E-state index contributed by atoms with van der Waals surface area (Å²) in [6, 6.07) is 18.3. The fourth-order valence-corrected chi connectivity index (χ4v) is 3.14. The Labute approximate surface area is 181 Å². The molecule has 32 heavy (non-hydrogen) atoms. The molecule has 4 rings (SSSR count). The average Bonchev–Trinajstić information content (AvgIpc) is 3.08. The molecule has 3 aromatic rings. The molecular formula is C23H16FN3O5. The van der Waals surface area contributed by atoms with E-state index in [4.69, 9.17) is 4.74 Å². The quantitative estimate of drug-likeness (QED) is 0.276. The van der Waals surface area contributed by atoms with Gasteiger partial charge >= 0.3 is 0 Å². The van der Waals surface area contributed by atoms with Crippen LogP contribution >= 0.6 is 0 Å². The van der Waals surface area contributed by atoms with E-state index in [0.717, 1.165) is 5.01 Å². The molecule has 1 heterocycles. The minimum atomic E-state index is -0.662. The van der Waals surface area contributed by atoms with E-state index in [1.54, 1.807) is 48.5 Å². The molecule has 1 N–H and O–H groups in total. The van der Waals surface area contributed by atoms with Crippen LogP contribution in [0, 0.1) is 15.9 Å². The van der Waals surface area contributed by atoms with Crippen LogP contribution in [0.3, 0.4) is 0 Å². The van der Waals surface area contributed by atoms with Crippen LogP contribution in [0.4, 0.5) is 15.8 Å². The van der Waals surface area contributed by atoms with E-state index < -0.39 is 22.6 Å². The Morgan fingerprint density at radius 2 is 1.75 bits per heavy atom. The minimum Gasteiger partial charge on any atom is -0.488 e. The molecule has 0 atom stereocenters. The van der Waals surface area contributed by atoms with Gasteiger partial charge in [0.1, 0.15) is 23.7 Å². The number of ether oxygens (including phenoxy) is 1. The third-order valence-corrected chi connectivity index (χ3v) is 4.75.